The molecule has 1 heterocycles. The molecule has 1 fully saturated rings. The predicted molar refractivity (Wildman–Crippen MR) is 66.0 cm³/mol. The second-order valence-electron chi connectivity index (χ2n) is 3.88. The van der Waals surface area contributed by atoms with Gasteiger partial charge in [0.2, 0.25) is 5.91 Å². The third kappa shape index (κ3) is 2.65. The van der Waals surface area contributed by atoms with Gasteiger partial charge in [-0.3, -0.25) is 4.79 Å². The smallest absolute Gasteiger partial charge is 0.221 e. The van der Waals surface area contributed by atoms with Crippen molar-refractivity contribution in [1.82, 2.24) is 5.32 Å². The van der Waals surface area contributed by atoms with E-state index in [0.717, 1.165) is 18.8 Å². The topological polar surface area (TPSA) is 53.2 Å². The minimum atomic E-state index is -0.120. The molecule has 0 aliphatic carbocycles. The van der Waals surface area contributed by atoms with Gasteiger partial charge < -0.3 is 16.0 Å². The van der Waals surface area contributed by atoms with Crippen molar-refractivity contribution in [1.29, 1.82) is 0 Å². The first kappa shape index (κ1) is 11.2. The van der Waals surface area contributed by atoms with Crippen LogP contribution in [0.2, 0.25) is 5.02 Å². The van der Waals surface area contributed by atoms with Gasteiger partial charge in [0.05, 0.1) is 16.8 Å². The first-order valence-electron chi connectivity index (χ1n) is 5.19. The van der Waals surface area contributed by atoms with Gasteiger partial charge in [0, 0.05) is 25.7 Å². The van der Waals surface area contributed by atoms with Crippen molar-refractivity contribution < 1.29 is 4.79 Å². The quantitative estimate of drug-likeness (QED) is 0.752. The van der Waals surface area contributed by atoms with E-state index in [4.69, 9.17) is 11.6 Å². The van der Waals surface area contributed by atoms with Gasteiger partial charge in [-0.05, 0) is 18.2 Å². The van der Waals surface area contributed by atoms with Crippen LogP contribution in [0.15, 0.2) is 18.2 Å². The average Bonchev–Trinajstić information content (AvgIpc) is 2.15. The van der Waals surface area contributed by atoms with Gasteiger partial charge in [-0.25, -0.2) is 0 Å². The molecule has 5 heteroatoms. The number of hydrogen-bond donors (Lipinski definition) is 3. The Morgan fingerprint density at radius 2 is 2.25 bits per heavy atom. The highest BCUT2D eigenvalue weighted by Gasteiger charge is 2.16. The zero-order valence-electron chi connectivity index (χ0n) is 9.01. The van der Waals surface area contributed by atoms with E-state index in [9.17, 15) is 4.79 Å². The number of anilines is 2. The molecule has 3 N–H and O–H groups in total. The summed E-state index contributed by atoms with van der Waals surface area (Å²) in [5, 5.41) is 9.74. The number of amides is 1. The van der Waals surface area contributed by atoms with Gasteiger partial charge in [0.15, 0.2) is 0 Å². The molecule has 1 aromatic carbocycles. The lowest BCUT2D eigenvalue weighted by Gasteiger charge is -2.29. The molecule has 0 radical (unpaired) electrons. The maximum Gasteiger partial charge on any atom is 0.221 e. The molecule has 16 heavy (non-hydrogen) atoms. The van der Waals surface area contributed by atoms with Crippen molar-refractivity contribution in [2.75, 3.05) is 23.7 Å². The minimum absolute atomic E-state index is 0.120. The molecule has 0 aromatic heterocycles. The Kier molecular flexibility index (Phi) is 3.31. The molecule has 1 amide bonds. The van der Waals surface area contributed by atoms with E-state index in [1.165, 1.54) is 6.92 Å². The summed E-state index contributed by atoms with van der Waals surface area (Å²) in [6.45, 7) is 3.42. The third-order valence-corrected chi connectivity index (χ3v) is 2.74. The highest BCUT2D eigenvalue weighted by atomic mass is 35.5. The number of rotatable bonds is 3. The maximum atomic E-state index is 10.9. The Bertz CT molecular complexity index is 404. The molecule has 4 nitrogen and oxygen atoms in total. The second kappa shape index (κ2) is 4.72. The third-order valence-electron chi connectivity index (χ3n) is 2.43. The molecule has 0 saturated carbocycles. The van der Waals surface area contributed by atoms with Crippen LogP contribution in [0.3, 0.4) is 0 Å². The lowest BCUT2D eigenvalue weighted by molar-refractivity contribution is -0.114. The van der Waals surface area contributed by atoms with Gasteiger partial charge in [-0.1, -0.05) is 11.6 Å². The largest absolute Gasteiger partial charge is 0.380 e. The summed E-state index contributed by atoms with van der Waals surface area (Å²) in [7, 11) is 0. The van der Waals surface area contributed by atoms with E-state index < -0.39 is 0 Å². The fraction of sp³-hybridized carbons (Fsp3) is 0.364. The van der Waals surface area contributed by atoms with Crippen molar-refractivity contribution in [2.45, 2.75) is 13.0 Å². The molecule has 2 rings (SSSR count). The molecule has 1 aliphatic heterocycles. The summed E-state index contributed by atoms with van der Waals surface area (Å²) < 4.78 is 0. The van der Waals surface area contributed by atoms with Gasteiger partial charge in [0.1, 0.15) is 0 Å². The van der Waals surface area contributed by atoms with Crippen molar-refractivity contribution in [3.8, 4) is 0 Å². The Hall–Kier alpha value is -1.26. The van der Waals surface area contributed by atoms with Gasteiger partial charge >= 0.3 is 0 Å². The fourth-order valence-electron chi connectivity index (χ4n) is 1.52. The molecule has 0 spiro atoms. The molecule has 0 atom stereocenters. The summed E-state index contributed by atoms with van der Waals surface area (Å²) >= 11 is 6.05. The first-order valence-corrected chi connectivity index (χ1v) is 5.57. The monoisotopic (exact) mass is 239 g/mol. The lowest BCUT2D eigenvalue weighted by atomic mass is 10.1. The molecular formula is C11H14ClN3O. The SMILES string of the molecule is CC(=O)Nc1ccc(NC2CNC2)cc1Cl. The van der Waals surface area contributed by atoms with Crippen LogP contribution in [0, 0.1) is 0 Å². The second-order valence-corrected chi connectivity index (χ2v) is 4.28. The highest BCUT2D eigenvalue weighted by molar-refractivity contribution is 6.34. The van der Waals surface area contributed by atoms with E-state index >= 15 is 0 Å². The average molecular weight is 240 g/mol. The number of halogens is 1. The van der Waals surface area contributed by atoms with Crippen molar-refractivity contribution in [2.24, 2.45) is 0 Å². The number of hydrogen-bond acceptors (Lipinski definition) is 3. The van der Waals surface area contributed by atoms with Crippen LogP contribution >= 0.6 is 11.6 Å². The summed E-state index contributed by atoms with van der Waals surface area (Å²) in [6.07, 6.45) is 0. The van der Waals surface area contributed by atoms with E-state index in [-0.39, 0.29) is 5.91 Å². The van der Waals surface area contributed by atoms with Crippen LogP contribution < -0.4 is 16.0 Å². The van der Waals surface area contributed by atoms with E-state index in [2.05, 4.69) is 16.0 Å². The van der Waals surface area contributed by atoms with Crippen LogP contribution in [0.4, 0.5) is 11.4 Å². The zero-order valence-corrected chi connectivity index (χ0v) is 9.77. The van der Waals surface area contributed by atoms with Crippen molar-refractivity contribution in [3.05, 3.63) is 23.2 Å². The molecule has 0 unspecified atom stereocenters. The molecule has 0 bridgehead atoms. The number of carbonyl (C=O) groups is 1. The van der Waals surface area contributed by atoms with Gasteiger partial charge in [-0.15, -0.1) is 0 Å². The van der Waals surface area contributed by atoms with Crippen LogP contribution in [0.1, 0.15) is 6.92 Å². The van der Waals surface area contributed by atoms with E-state index in [1.54, 1.807) is 6.07 Å². The van der Waals surface area contributed by atoms with E-state index in [0.29, 0.717) is 16.8 Å². The van der Waals surface area contributed by atoms with Gasteiger partial charge in [0.25, 0.3) is 0 Å². The summed E-state index contributed by atoms with van der Waals surface area (Å²) in [5.74, 6) is -0.120. The zero-order chi connectivity index (χ0) is 11.5. The Morgan fingerprint density at radius 1 is 1.50 bits per heavy atom. The molecule has 1 aromatic rings. The predicted octanol–water partition coefficient (Wildman–Crippen LogP) is 1.68. The number of carbonyl (C=O) groups excluding carboxylic acids is 1. The van der Waals surface area contributed by atoms with E-state index in [1.807, 2.05) is 12.1 Å². The number of nitrogens with one attached hydrogen (secondary N) is 3. The first-order chi connectivity index (χ1) is 7.65. The summed E-state index contributed by atoms with van der Waals surface area (Å²) in [6, 6.07) is 6.02. The summed E-state index contributed by atoms with van der Waals surface area (Å²) in [4.78, 5) is 10.9. The van der Waals surface area contributed by atoms with Crippen LogP contribution in [0.5, 0.6) is 0 Å². The number of benzene rings is 1. The molecular weight excluding hydrogens is 226 g/mol. The highest BCUT2D eigenvalue weighted by Crippen LogP contribution is 2.26. The maximum absolute atomic E-state index is 10.9. The van der Waals surface area contributed by atoms with Crippen molar-refractivity contribution >= 4 is 28.9 Å². The standard InChI is InChI=1S/C11H14ClN3O/c1-7(16)14-11-3-2-8(4-10(11)12)15-9-5-13-6-9/h2-4,9,13,15H,5-6H2,1H3,(H,14,16). The van der Waals surface area contributed by atoms with Crippen LogP contribution in [-0.2, 0) is 4.79 Å². The lowest BCUT2D eigenvalue weighted by Crippen LogP contribution is -2.51. The Balaban J connectivity index is 2.05. The minimum Gasteiger partial charge on any atom is -0.380 e. The summed E-state index contributed by atoms with van der Waals surface area (Å²) in [5.41, 5.74) is 1.62. The molecule has 1 aliphatic rings. The Labute approximate surface area is 99.4 Å². The van der Waals surface area contributed by atoms with Crippen LogP contribution in [0.25, 0.3) is 0 Å². The molecule has 86 valence electrons. The van der Waals surface area contributed by atoms with Crippen molar-refractivity contribution in [3.63, 3.8) is 0 Å². The van der Waals surface area contributed by atoms with Crippen LogP contribution in [-0.4, -0.2) is 25.0 Å². The normalized spacial score (nSPS) is 15.4. The fourth-order valence-corrected chi connectivity index (χ4v) is 1.75. The van der Waals surface area contributed by atoms with Gasteiger partial charge in [-0.2, -0.15) is 0 Å². The molecule has 1 saturated heterocycles. The Morgan fingerprint density at radius 3 is 2.75 bits per heavy atom.